The molecule has 3 atom stereocenters. The van der Waals surface area contributed by atoms with Crippen LogP contribution in [0.4, 0.5) is 4.79 Å². The Morgan fingerprint density at radius 3 is 2.46 bits per heavy atom. The Balaban J connectivity index is 1.69. The molecular formula is C22H31N3O3. The number of imide groups is 1. The summed E-state index contributed by atoms with van der Waals surface area (Å²) >= 11 is 0. The lowest BCUT2D eigenvalue weighted by Gasteiger charge is -2.30. The van der Waals surface area contributed by atoms with Gasteiger partial charge in [-0.3, -0.25) is 14.5 Å². The Hall–Kier alpha value is -2.37. The van der Waals surface area contributed by atoms with E-state index in [1.165, 1.54) is 12.0 Å². The number of nitrogens with one attached hydrogen (secondary N) is 2. The van der Waals surface area contributed by atoms with Crippen molar-refractivity contribution in [3.8, 4) is 0 Å². The lowest BCUT2D eigenvalue weighted by molar-refractivity contribution is -0.135. The molecule has 0 spiro atoms. The molecule has 0 radical (unpaired) electrons. The maximum Gasteiger partial charge on any atom is 0.325 e. The molecule has 1 aromatic carbocycles. The van der Waals surface area contributed by atoms with E-state index >= 15 is 0 Å². The maximum atomic E-state index is 13.0. The predicted molar refractivity (Wildman–Crippen MR) is 108 cm³/mol. The number of urea groups is 1. The quantitative estimate of drug-likeness (QED) is 0.764. The van der Waals surface area contributed by atoms with Gasteiger partial charge in [0.1, 0.15) is 12.1 Å². The number of hydrogen-bond donors (Lipinski definition) is 2. The Labute approximate surface area is 167 Å². The molecule has 6 heteroatoms. The van der Waals surface area contributed by atoms with Crippen LogP contribution in [0.5, 0.6) is 0 Å². The lowest BCUT2D eigenvalue weighted by atomic mass is 9.86. The van der Waals surface area contributed by atoms with E-state index in [0.29, 0.717) is 11.8 Å². The molecule has 1 aromatic rings. The normalized spacial score (nSPS) is 27.8. The van der Waals surface area contributed by atoms with Crippen LogP contribution in [-0.2, 0) is 15.1 Å². The van der Waals surface area contributed by atoms with Crippen LogP contribution >= 0.6 is 0 Å². The number of hydrogen-bond acceptors (Lipinski definition) is 3. The summed E-state index contributed by atoms with van der Waals surface area (Å²) in [4.78, 5) is 39.0. The smallest absolute Gasteiger partial charge is 0.325 e. The summed E-state index contributed by atoms with van der Waals surface area (Å²) in [5.74, 6) is 0.145. The fourth-order valence-electron chi connectivity index (χ4n) is 4.16. The molecular weight excluding hydrogens is 354 g/mol. The van der Waals surface area contributed by atoms with Crippen molar-refractivity contribution in [3.05, 3.63) is 35.4 Å². The van der Waals surface area contributed by atoms with E-state index in [2.05, 4.69) is 31.4 Å². The highest BCUT2D eigenvalue weighted by molar-refractivity contribution is 6.09. The van der Waals surface area contributed by atoms with Crippen molar-refractivity contribution < 1.29 is 14.4 Å². The summed E-state index contributed by atoms with van der Waals surface area (Å²) in [6.45, 7) is 7.79. The van der Waals surface area contributed by atoms with E-state index in [1.807, 2.05) is 24.3 Å². The average molecular weight is 386 g/mol. The molecule has 1 aliphatic heterocycles. The molecule has 1 saturated carbocycles. The second-order valence-corrected chi connectivity index (χ2v) is 8.66. The van der Waals surface area contributed by atoms with Crippen molar-refractivity contribution in [1.82, 2.24) is 15.5 Å². The second kappa shape index (κ2) is 7.94. The summed E-state index contributed by atoms with van der Waals surface area (Å²) in [5, 5.41) is 5.78. The van der Waals surface area contributed by atoms with Crippen molar-refractivity contribution in [2.75, 3.05) is 6.54 Å². The minimum atomic E-state index is -1.15. The first-order valence-corrected chi connectivity index (χ1v) is 10.3. The molecule has 4 amide bonds. The van der Waals surface area contributed by atoms with Gasteiger partial charge in [0.25, 0.3) is 5.91 Å². The van der Waals surface area contributed by atoms with E-state index in [0.717, 1.165) is 29.7 Å². The van der Waals surface area contributed by atoms with Crippen LogP contribution in [0.1, 0.15) is 70.4 Å². The van der Waals surface area contributed by atoms with Crippen LogP contribution in [0.15, 0.2) is 24.3 Å². The zero-order valence-corrected chi connectivity index (χ0v) is 17.2. The minimum Gasteiger partial charge on any atom is -0.352 e. The van der Waals surface area contributed by atoms with E-state index in [-0.39, 0.29) is 24.4 Å². The van der Waals surface area contributed by atoms with Gasteiger partial charge in [-0.1, -0.05) is 57.9 Å². The molecule has 2 N–H and O–H groups in total. The third-order valence-electron chi connectivity index (χ3n) is 6.19. The van der Waals surface area contributed by atoms with Gasteiger partial charge in [0, 0.05) is 6.04 Å². The third kappa shape index (κ3) is 3.91. The second-order valence-electron chi connectivity index (χ2n) is 8.66. The molecule has 28 heavy (non-hydrogen) atoms. The number of carbonyl (C=O) groups excluding carboxylic acids is 3. The van der Waals surface area contributed by atoms with Crippen molar-refractivity contribution in [2.45, 2.75) is 70.9 Å². The summed E-state index contributed by atoms with van der Waals surface area (Å²) < 4.78 is 0. The zero-order valence-electron chi connectivity index (χ0n) is 17.2. The summed E-state index contributed by atoms with van der Waals surface area (Å²) in [6.07, 6.45) is 4.34. The predicted octanol–water partition coefficient (Wildman–Crippen LogP) is 3.27. The van der Waals surface area contributed by atoms with Gasteiger partial charge in [-0.15, -0.1) is 0 Å². The van der Waals surface area contributed by atoms with Gasteiger partial charge in [0.2, 0.25) is 5.91 Å². The third-order valence-corrected chi connectivity index (χ3v) is 6.19. The summed E-state index contributed by atoms with van der Waals surface area (Å²) in [5.41, 5.74) is 0.742. The molecule has 1 heterocycles. The van der Waals surface area contributed by atoms with Crippen molar-refractivity contribution in [1.29, 1.82) is 0 Å². The van der Waals surface area contributed by atoms with E-state index in [4.69, 9.17) is 0 Å². The zero-order chi connectivity index (χ0) is 20.5. The Morgan fingerprint density at radius 1 is 1.21 bits per heavy atom. The molecule has 0 unspecified atom stereocenters. The number of nitrogens with zero attached hydrogens (tertiary/aromatic N) is 1. The molecule has 2 fully saturated rings. The van der Waals surface area contributed by atoms with Gasteiger partial charge in [0.05, 0.1) is 0 Å². The SMILES string of the molecule is CC(C)c1ccc([C@@]2(C)NC(=O)N(CC(=O)N[C@H]3CCCC[C@@H]3C)C2=O)cc1. The summed E-state index contributed by atoms with van der Waals surface area (Å²) in [7, 11) is 0. The molecule has 2 aliphatic rings. The van der Waals surface area contributed by atoms with Crippen LogP contribution < -0.4 is 10.6 Å². The Morgan fingerprint density at radius 2 is 1.86 bits per heavy atom. The number of carbonyl (C=O) groups is 3. The number of benzene rings is 1. The van der Waals surface area contributed by atoms with E-state index < -0.39 is 11.6 Å². The van der Waals surface area contributed by atoms with E-state index in [1.54, 1.807) is 6.92 Å². The lowest BCUT2D eigenvalue weighted by Crippen LogP contribution is -2.47. The fraction of sp³-hybridized carbons (Fsp3) is 0.591. The van der Waals surface area contributed by atoms with Gasteiger partial charge >= 0.3 is 6.03 Å². The van der Waals surface area contributed by atoms with Crippen molar-refractivity contribution in [3.63, 3.8) is 0 Å². The largest absolute Gasteiger partial charge is 0.352 e. The van der Waals surface area contributed by atoms with E-state index in [9.17, 15) is 14.4 Å². The molecule has 152 valence electrons. The molecule has 6 nitrogen and oxygen atoms in total. The summed E-state index contributed by atoms with van der Waals surface area (Å²) in [6, 6.07) is 7.31. The maximum absolute atomic E-state index is 13.0. The topological polar surface area (TPSA) is 78.5 Å². The first-order valence-electron chi connectivity index (χ1n) is 10.3. The van der Waals surface area contributed by atoms with Crippen LogP contribution in [-0.4, -0.2) is 35.3 Å². The highest BCUT2D eigenvalue weighted by atomic mass is 16.2. The average Bonchev–Trinajstić information content (AvgIpc) is 2.88. The van der Waals surface area contributed by atoms with Gasteiger partial charge in [-0.2, -0.15) is 0 Å². The molecule has 0 bridgehead atoms. The van der Waals surface area contributed by atoms with Gasteiger partial charge < -0.3 is 10.6 Å². The highest BCUT2D eigenvalue weighted by Gasteiger charge is 2.49. The molecule has 0 aromatic heterocycles. The monoisotopic (exact) mass is 385 g/mol. The Bertz CT molecular complexity index is 759. The Kier molecular flexibility index (Phi) is 5.77. The minimum absolute atomic E-state index is 0.122. The molecule has 1 aliphatic carbocycles. The number of rotatable bonds is 5. The van der Waals surface area contributed by atoms with Crippen LogP contribution in [0.25, 0.3) is 0 Å². The van der Waals surface area contributed by atoms with Crippen molar-refractivity contribution in [2.24, 2.45) is 5.92 Å². The van der Waals surface area contributed by atoms with Crippen molar-refractivity contribution >= 4 is 17.8 Å². The van der Waals surface area contributed by atoms with Crippen LogP contribution in [0, 0.1) is 5.92 Å². The first kappa shape index (κ1) is 20.4. The fourth-order valence-corrected chi connectivity index (χ4v) is 4.16. The number of amides is 4. The standard InChI is InChI=1S/C22H31N3O3/c1-14(2)16-9-11-17(12-10-16)22(4)20(27)25(21(28)24-22)13-19(26)23-18-8-6-5-7-15(18)3/h9-12,14-15,18H,5-8,13H2,1-4H3,(H,23,26)(H,24,28)/t15-,18-,22+/m0/s1. The van der Waals surface area contributed by atoms with Crippen LogP contribution in [0.2, 0.25) is 0 Å². The molecule has 1 saturated heterocycles. The first-order chi connectivity index (χ1) is 13.2. The van der Waals surface area contributed by atoms with Crippen LogP contribution in [0.3, 0.4) is 0 Å². The highest BCUT2D eigenvalue weighted by Crippen LogP contribution is 2.30. The van der Waals surface area contributed by atoms with Gasteiger partial charge in [-0.05, 0) is 42.7 Å². The molecule has 3 rings (SSSR count). The van der Waals surface area contributed by atoms with Gasteiger partial charge in [0.15, 0.2) is 0 Å². The van der Waals surface area contributed by atoms with Gasteiger partial charge in [-0.25, -0.2) is 4.79 Å².